The molecule has 1 heterocycles. The molecule has 2 fully saturated rings. The summed E-state index contributed by atoms with van der Waals surface area (Å²) in [6.07, 6.45) is 1.14. The van der Waals surface area contributed by atoms with Crippen LogP contribution in [0.2, 0.25) is 0 Å². The maximum Gasteiger partial charge on any atom is 0.313 e. The van der Waals surface area contributed by atoms with Crippen molar-refractivity contribution in [1.82, 2.24) is 10.2 Å². The van der Waals surface area contributed by atoms with Crippen LogP contribution in [0.1, 0.15) is 24.0 Å². The summed E-state index contributed by atoms with van der Waals surface area (Å²) in [6, 6.07) is 4.72. The van der Waals surface area contributed by atoms with Crippen LogP contribution in [0.4, 0.5) is 4.39 Å². The summed E-state index contributed by atoms with van der Waals surface area (Å²) in [7, 11) is 0. The van der Waals surface area contributed by atoms with Gasteiger partial charge < -0.3 is 15.2 Å². The second-order valence-corrected chi connectivity index (χ2v) is 6.41. The van der Waals surface area contributed by atoms with Gasteiger partial charge >= 0.3 is 5.97 Å². The van der Waals surface area contributed by atoms with Crippen molar-refractivity contribution in [3.8, 4) is 11.8 Å². The van der Waals surface area contributed by atoms with Crippen LogP contribution in [0, 0.1) is 22.6 Å². The summed E-state index contributed by atoms with van der Waals surface area (Å²) in [5, 5.41) is 21.9. The number of hydrogen-bond donors (Lipinski definition) is 2. The number of carboxylic acid groups (broad SMARTS) is 1. The van der Waals surface area contributed by atoms with Gasteiger partial charge in [-0.15, -0.1) is 0 Å². The van der Waals surface area contributed by atoms with Crippen molar-refractivity contribution in [2.75, 3.05) is 32.8 Å². The Morgan fingerprint density at radius 3 is 2.71 bits per heavy atom. The van der Waals surface area contributed by atoms with Gasteiger partial charge in [-0.05, 0) is 25.0 Å². The predicted molar refractivity (Wildman–Crippen MR) is 84.1 cm³/mol. The molecule has 24 heavy (non-hydrogen) atoms. The van der Waals surface area contributed by atoms with Gasteiger partial charge in [0.2, 0.25) is 0 Å². The summed E-state index contributed by atoms with van der Waals surface area (Å²) in [6.45, 7) is 3.60. The highest BCUT2D eigenvalue weighted by molar-refractivity contribution is 5.78. The van der Waals surface area contributed by atoms with E-state index in [4.69, 9.17) is 4.74 Å². The molecule has 1 aromatic carbocycles. The maximum atomic E-state index is 14.2. The van der Waals surface area contributed by atoms with Gasteiger partial charge in [-0.2, -0.15) is 5.26 Å². The quantitative estimate of drug-likeness (QED) is 0.817. The van der Waals surface area contributed by atoms with Gasteiger partial charge in [0.15, 0.2) is 0 Å². The largest absolute Gasteiger partial charge is 0.491 e. The van der Waals surface area contributed by atoms with E-state index in [0.29, 0.717) is 24.9 Å². The zero-order valence-electron chi connectivity index (χ0n) is 13.3. The minimum absolute atomic E-state index is 0.00964. The van der Waals surface area contributed by atoms with E-state index < -0.39 is 17.2 Å². The summed E-state index contributed by atoms with van der Waals surface area (Å²) in [5.41, 5.74) is -0.369. The first kappa shape index (κ1) is 16.7. The first-order valence-corrected chi connectivity index (χ1v) is 8.06. The Bertz CT molecular complexity index is 676. The molecule has 6 nitrogen and oxygen atoms in total. The van der Waals surface area contributed by atoms with Crippen LogP contribution in [-0.4, -0.2) is 48.8 Å². The lowest BCUT2D eigenvalue weighted by atomic mass is 10.0. The second-order valence-electron chi connectivity index (χ2n) is 6.41. The summed E-state index contributed by atoms with van der Waals surface area (Å²) in [5.74, 6) is -1.06. The van der Waals surface area contributed by atoms with E-state index in [2.05, 4.69) is 10.2 Å². The first-order chi connectivity index (χ1) is 11.6. The van der Waals surface area contributed by atoms with E-state index in [1.165, 1.54) is 12.1 Å². The van der Waals surface area contributed by atoms with Crippen molar-refractivity contribution >= 4 is 5.97 Å². The first-order valence-electron chi connectivity index (χ1n) is 8.06. The van der Waals surface area contributed by atoms with Gasteiger partial charge in [-0.3, -0.25) is 9.69 Å². The highest BCUT2D eigenvalue weighted by atomic mass is 19.1. The average molecular weight is 333 g/mol. The zero-order valence-corrected chi connectivity index (χ0v) is 13.3. The molecule has 1 aliphatic heterocycles. The molecule has 2 N–H and O–H groups in total. The van der Waals surface area contributed by atoms with Gasteiger partial charge in [0.25, 0.3) is 0 Å². The smallest absolute Gasteiger partial charge is 0.313 e. The summed E-state index contributed by atoms with van der Waals surface area (Å²) < 4.78 is 19.8. The molecule has 1 aliphatic carbocycles. The number of benzene rings is 1. The van der Waals surface area contributed by atoms with Crippen molar-refractivity contribution in [1.29, 1.82) is 5.26 Å². The maximum absolute atomic E-state index is 14.2. The molecule has 7 heteroatoms. The molecule has 3 rings (SSSR count). The second kappa shape index (κ2) is 6.75. The number of nitrogens with zero attached hydrogens (tertiary/aromatic N) is 2. The van der Waals surface area contributed by atoms with E-state index in [1.807, 2.05) is 6.07 Å². The fourth-order valence-electron chi connectivity index (χ4n) is 2.88. The molecule has 1 saturated carbocycles. The SMILES string of the molecule is N#Cc1c(OCC2(C(=O)O)CC2)ccc(F)c1CN1CCNCC1. The van der Waals surface area contributed by atoms with E-state index in [1.54, 1.807) is 0 Å². The molecule has 1 aromatic rings. The van der Waals surface area contributed by atoms with Gasteiger partial charge in [0.1, 0.15) is 35.2 Å². The number of piperazine rings is 1. The Hall–Kier alpha value is -2.17. The average Bonchev–Trinajstić information content (AvgIpc) is 3.37. The number of halogens is 1. The molecule has 0 aromatic heterocycles. The number of aliphatic carboxylic acids is 1. The number of hydrogen-bond acceptors (Lipinski definition) is 5. The Morgan fingerprint density at radius 1 is 1.42 bits per heavy atom. The van der Waals surface area contributed by atoms with Gasteiger partial charge in [0, 0.05) is 38.3 Å². The van der Waals surface area contributed by atoms with Gasteiger partial charge in [-0.25, -0.2) is 4.39 Å². The fraction of sp³-hybridized carbons (Fsp3) is 0.529. The number of ether oxygens (including phenoxy) is 1. The van der Waals surface area contributed by atoms with Crippen LogP contribution in [0.5, 0.6) is 5.75 Å². The van der Waals surface area contributed by atoms with Crippen molar-refractivity contribution in [2.45, 2.75) is 19.4 Å². The molecule has 0 unspecified atom stereocenters. The standard InChI is InChI=1S/C17H20FN3O3/c18-14-1-2-15(24-11-17(3-4-17)16(22)23)12(9-19)13(14)10-21-7-5-20-6-8-21/h1-2,20H,3-8,10-11H2,(H,22,23). The number of nitrogens with one attached hydrogen (secondary N) is 1. The topological polar surface area (TPSA) is 85.6 Å². The number of rotatable bonds is 6. The highest BCUT2D eigenvalue weighted by Crippen LogP contribution is 2.46. The van der Waals surface area contributed by atoms with Crippen LogP contribution in [0.3, 0.4) is 0 Å². The van der Waals surface area contributed by atoms with Crippen molar-refractivity contribution < 1.29 is 19.0 Å². The lowest BCUT2D eigenvalue weighted by Crippen LogP contribution is -2.43. The number of nitriles is 1. The molecule has 128 valence electrons. The third-order valence-corrected chi connectivity index (χ3v) is 4.73. The minimum atomic E-state index is -0.885. The normalized spacial score (nSPS) is 19.5. The van der Waals surface area contributed by atoms with Crippen LogP contribution in [-0.2, 0) is 11.3 Å². The Labute approximate surface area is 139 Å². The van der Waals surface area contributed by atoms with Crippen LogP contribution < -0.4 is 10.1 Å². The lowest BCUT2D eigenvalue weighted by Gasteiger charge is -2.27. The van der Waals surface area contributed by atoms with Gasteiger partial charge in [0.05, 0.1) is 0 Å². The van der Waals surface area contributed by atoms with Crippen LogP contribution in [0.25, 0.3) is 0 Å². The molecular weight excluding hydrogens is 313 g/mol. The Kier molecular flexibility index (Phi) is 4.69. The molecule has 0 radical (unpaired) electrons. The van der Waals surface area contributed by atoms with Crippen molar-refractivity contribution in [3.63, 3.8) is 0 Å². The zero-order chi connectivity index (χ0) is 17.2. The molecular formula is C17H20FN3O3. The van der Waals surface area contributed by atoms with E-state index in [9.17, 15) is 19.6 Å². The van der Waals surface area contributed by atoms with E-state index >= 15 is 0 Å². The van der Waals surface area contributed by atoms with E-state index in [-0.39, 0.29) is 17.9 Å². The molecule has 0 atom stereocenters. The summed E-state index contributed by atoms with van der Waals surface area (Å²) >= 11 is 0. The summed E-state index contributed by atoms with van der Waals surface area (Å²) in [4.78, 5) is 13.3. The predicted octanol–water partition coefficient (Wildman–Crippen LogP) is 1.35. The molecule has 2 aliphatic rings. The monoisotopic (exact) mass is 333 g/mol. The third-order valence-electron chi connectivity index (χ3n) is 4.73. The molecule has 1 saturated heterocycles. The van der Waals surface area contributed by atoms with Crippen molar-refractivity contribution in [2.24, 2.45) is 5.41 Å². The van der Waals surface area contributed by atoms with Gasteiger partial charge in [-0.1, -0.05) is 0 Å². The Morgan fingerprint density at radius 2 is 2.12 bits per heavy atom. The molecule has 0 spiro atoms. The van der Waals surface area contributed by atoms with Crippen molar-refractivity contribution in [3.05, 3.63) is 29.1 Å². The Balaban J connectivity index is 1.78. The lowest BCUT2D eigenvalue weighted by molar-refractivity contribution is -0.144. The van der Waals surface area contributed by atoms with E-state index in [0.717, 1.165) is 26.2 Å². The minimum Gasteiger partial charge on any atom is -0.491 e. The molecule has 0 amide bonds. The molecule has 0 bridgehead atoms. The number of carbonyl (C=O) groups is 1. The fourth-order valence-corrected chi connectivity index (χ4v) is 2.88. The highest BCUT2D eigenvalue weighted by Gasteiger charge is 2.51. The van der Waals surface area contributed by atoms with Crippen LogP contribution in [0.15, 0.2) is 12.1 Å². The third kappa shape index (κ3) is 3.35. The van der Waals surface area contributed by atoms with Crippen LogP contribution >= 0.6 is 0 Å². The number of carboxylic acids is 1.